The van der Waals surface area contributed by atoms with Crippen LogP contribution in [0.25, 0.3) is 0 Å². The standard InChI is InChI=1S/C14H18N2O/c15-10-14(7-3-8-14)13(17)16-9-6-11-4-1-2-5-12(11)16/h1-2,4-5H,3,6-10,15H2. The van der Waals surface area contributed by atoms with Crippen LogP contribution in [0.4, 0.5) is 5.69 Å². The normalized spacial score (nSPS) is 20.9. The number of hydrogen-bond donors (Lipinski definition) is 1. The zero-order chi connectivity index (χ0) is 11.9. The van der Waals surface area contributed by atoms with Crippen molar-refractivity contribution in [1.29, 1.82) is 0 Å². The SMILES string of the molecule is NCC1(C(=O)N2CCc3ccccc32)CCC1. The summed E-state index contributed by atoms with van der Waals surface area (Å²) >= 11 is 0. The second-order valence-corrected chi connectivity index (χ2v) is 5.17. The van der Waals surface area contributed by atoms with Gasteiger partial charge in [-0.05, 0) is 30.9 Å². The van der Waals surface area contributed by atoms with Gasteiger partial charge in [0.2, 0.25) is 5.91 Å². The molecule has 0 saturated heterocycles. The summed E-state index contributed by atoms with van der Waals surface area (Å²) in [6.45, 7) is 1.31. The Balaban J connectivity index is 1.89. The summed E-state index contributed by atoms with van der Waals surface area (Å²) in [5.41, 5.74) is 7.94. The maximum atomic E-state index is 12.6. The van der Waals surface area contributed by atoms with E-state index < -0.39 is 0 Å². The zero-order valence-corrected chi connectivity index (χ0v) is 9.98. The third kappa shape index (κ3) is 1.49. The molecule has 0 aromatic heterocycles. The van der Waals surface area contributed by atoms with Crippen molar-refractivity contribution in [1.82, 2.24) is 0 Å². The Kier molecular flexibility index (Phi) is 2.44. The van der Waals surface area contributed by atoms with Gasteiger partial charge in [-0.2, -0.15) is 0 Å². The van der Waals surface area contributed by atoms with Gasteiger partial charge in [-0.1, -0.05) is 24.6 Å². The Hall–Kier alpha value is -1.35. The fourth-order valence-electron chi connectivity index (χ4n) is 2.94. The molecule has 17 heavy (non-hydrogen) atoms. The van der Waals surface area contributed by atoms with Gasteiger partial charge in [-0.15, -0.1) is 0 Å². The van der Waals surface area contributed by atoms with Crippen LogP contribution in [-0.2, 0) is 11.2 Å². The lowest BCUT2D eigenvalue weighted by Gasteiger charge is -2.41. The lowest BCUT2D eigenvalue weighted by Crippen LogP contribution is -2.51. The van der Waals surface area contributed by atoms with E-state index in [0.717, 1.165) is 37.9 Å². The Morgan fingerprint density at radius 2 is 2.12 bits per heavy atom. The molecule has 3 nitrogen and oxygen atoms in total. The molecule has 0 spiro atoms. The topological polar surface area (TPSA) is 46.3 Å². The van der Waals surface area contributed by atoms with Gasteiger partial charge in [-0.25, -0.2) is 0 Å². The molecule has 2 aliphatic rings. The average molecular weight is 230 g/mol. The largest absolute Gasteiger partial charge is 0.329 e. The third-order valence-corrected chi connectivity index (χ3v) is 4.29. The van der Waals surface area contributed by atoms with E-state index in [1.807, 2.05) is 23.1 Å². The summed E-state index contributed by atoms with van der Waals surface area (Å²) in [5, 5.41) is 0. The summed E-state index contributed by atoms with van der Waals surface area (Å²) in [4.78, 5) is 14.5. The van der Waals surface area contributed by atoms with E-state index in [1.54, 1.807) is 0 Å². The van der Waals surface area contributed by atoms with Crippen LogP contribution in [0.1, 0.15) is 24.8 Å². The molecule has 0 bridgehead atoms. The van der Waals surface area contributed by atoms with Crippen molar-refractivity contribution >= 4 is 11.6 Å². The van der Waals surface area contributed by atoms with Crippen molar-refractivity contribution in [3.8, 4) is 0 Å². The average Bonchev–Trinajstić information content (AvgIpc) is 2.71. The minimum Gasteiger partial charge on any atom is -0.329 e. The first-order valence-corrected chi connectivity index (χ1v) is 6.37. The quantitative estimate of drug-likeness (QED) is 0.840. The van der Waals surface area contributed by atoms with Crippen molar-refractivity contribution < 1.29 is 4.79 Å². The molecule has 0 radical (unpaired) electrons. The molecule has 1 aliphatic heterocycles. The summed E-state index contributed by atoms with van der Waals surface area (Å²) in [6, 6.07) is 8.19. The monoisotopic (exact) mass is 230 g/mol. The van der Waals surface area contributed by atoms with Gasteiger partial charge >= 0.3 is 0 Å². The van der Waals surface area contributed by atoms with Crippen LogP contribution in [0.15, 0.2) is 24.3 Å². The number of hydrogen-bond acceptors (Lipinski definition) is 2. The van der Waals surface area contributed by atoms with Gasteiger partial charge in [0.1, 0.15) is 0 Å². The van der Waals surface area contributed by atoms with Gasteiger partial charge in [0, 0.05) is 18.8 Å². The van der Waals surface area contributed by atoms with Crippen LogP contribution in [0, 0.1) is 5.41 Å². The van der Waals surface area contributed by atoms with E-state index in [-0.39, 0.29) is 11.3 Å². The lowest BCUT2D eigenvalue weighted by molar-refractivity contribution is -0.132. The highest BCUT2D eigenvalue weighted by Crippen LogP contribution is 2.43. The Morgan fingerprint density at radius 3 is 2.76 bits per heavy atom. The van der Waals surface area contributed by atoms with Crippen LogP contribution in [0.2, 0.25) is 0 Å². The molecule has 3 rings (SSSR count). The fraction of sp³-hybridized carbons (Fsp3) is 0.500. The highest BCUT2D eigenvalue weighted by Gasteiger charge is 2.46. The third-order valence-electron chi connectivity index (χ3n) is 4.29. The van der Waals surface area contributed by atoms with Crippen LogP contribution in [-0.4, -0.2) is 19.0 Å². The number of rotatable bonds is 2. The second-order valence-electron chi connectivity index (χ2n) is 5.17. The highest BCUT2D eigenvalue weighted by molar-refractivity contribution is 6.00. The van der Waals surface area contributed by atoms with Crippen molar-refractivity contribution in [2.75, 3.05) is 18.0 Å². The molecule has 1 amide bonds. The number of carbonyl (C=O) groups excluding carboxylic acids is 1. The second kappa shape index (κ2) is 3.84. The van der Waals surface area contributed by atoms with E-state index in [2.05, 4.69) is 6.07 Å². The molecule has 1 fully saturated rings. The first-order chi connectivity index (χ1) is 8.27. The molecular formula is C14H18N2O. The predicted octanol–water partition coefficient (Wildman–Crippen LogP) is 1.70. The van der Waals surface area contributed by atoms with Crippen molar-refractivity contribution in [2.24, 2.45) is 11.1 Å². The first kappa shape index (κ1) is 10.8. The summed E-state index contributed by atoms with van der Waals surface area (Å²) in [7, 11) is 0. The number of nitrogens with zero attached hydrogens (tertiary/aromatic N) is 1. The maximum Gasteiger partial charge on any atom is 0.234 e. The van der Waals surface area contributed by atoms with Crippen LogP contribution < -0.4 is 10.6 Å². The number of nitrogens with two attached hydrogens (primary N) is 1. The summed E-state index contributed by atoms with van der Waals surface area (Å²) < 4.78 is 0. The number of para-hydroxylation sites is 1. The predicted molar refractivity (Wildman–Crippen MR) is 67.8 cm³/mol. The number of carbonyl (C=O) groups is 1. The number of amides is 1. The maximum absolute atomic E-state index is 12.6. The smallest absolute Gasteiger partial charge is 0.234 e. The minimum atomic E-state index is -0.253. The molecule has 1 aliphatic carbocycles. The summed E-state index contributed by atoms with van der Waals surface area (Å²) in [6.07, 6.45) is 4.03. The molecule has 2 N–H and O–H groups in total. The minimum absolute atomic E-state index is 0.246. The van der Waals surface area contributed by atoms with Gasteiger partial charge in [0.15, 0.2) is 0 Å². The van der Waals surface area contributed by atoms with Crippen molar-refractivity contribution in [3.63, 3.8) is 0 Å². The van der Waals surface area contributed by atoms with Gasteiger partial charge in [0.05, 0.1) is 5.41 Å². The van der Waals surface area contributed by atoms with E-state index in [0.29, 0.717) is 6.54 Å². The molecule has 1 aromatic rings. The van der Waals surface area contributed by atoms with E-state index in [1.165, 1.54) is 5.56 Å². The van der Waals surface area contributed by atoms with Crippen molar-refractivity contribution in [2.45, 2.75) is 25.7 Å². The molecule has 90 valence electrons. The number of benzene rings is 1. The van der Waals surface area contributed by atoms with E-state index >= 15 is 0 Å². The molecule has 0 unspecified atom stereocenters. The van der Waals surface area contributed by atoms with Gasteiger partial charge in [0.25, 0.3) is 0 Å². The fourth-order valence-corrected chi connectivity index (χ4v) is 2.94. The molecule has 1 saturated carbocycles. The van der Waals surface area contributed by atoms with Crippen LogP contribution in [0.5, 0.6) is 0 Å². The van der Waals surface area contributed by atoms with Crippen LogP contribution >= 0.6 is 0 Å². The first-order valence-electron chi connectivity index (χ1n) is 6.37. The molecule has 1 aromatic carbocycles. The Labute approximate surface area is 102 Å². The van der Waals surface area contributed by atoms with E-state index in [9.17, 15) is 4.79 Å². The van der Waals surface area contributed by atoms with Crippen molar-refractivity contribution in [3.05, 3.63) is 29.8 Å². The highest BCUT2D eigenvalue weighted by atomic mass is 16.2. The lowest BCUT2D eigenvalue weighted by atomic mass is 9.68. The molecular weight excluding hydrogens is 212 g/mol. The molecule has 3 heteroatoms. The van der Waals surface area contributed by atoms with E-state index in [4.69, 9.17) is 5.73 Å². The molecule has 0 atom stereocenters. The zero-order valence-electron chi connectivity index (χ0n) is 9.98. The van der Waals surface area contributed by atoms with Gasteiger partial charge < -0.3 is 10.6 Å². The Morgan fingerprint density at radius 1 is 1.35 bits per heavy atom. The van der Waals surface area contributed by atoms with Gasteiger partial charge in [-0.3, -0.25) is 4.79 Å². The van der Waals surface area contributed by atoms with Crippen LogP contribution in [0.3, 0.4) is 0 Å². The number of anilines is 1. The number of fused-ring (bicyclic) bond motifs is 1. The molecule has 1 heterocycles. The summed E-state index contributed by atoms with van der Waals surface area (Å²) in [5.74, 6) is 0.246. The Bertz CT molecular complexity index is 446.